The summed E-state index contributed by atoms with van der Waals surface area (Å²) in [5.74, 6) is -0.677. The second kappa shape index (κ2) is 5.26. The lowest BCUT2D eigenvalue weighted by molar-refractivity contribution is 0.613. The second-order valence-corrected chi connectivity index (χ2v) is 4.61. The topological polar surface area (TPSA) is 38.0 Å². The van der Waals surface area contributed by atoms with Crippen LogP contribution < -0.4 is 11.1 Å². The molecule has 0 bridgehead atoms. The van der Waals surface area contributed by atoms with Crippen molar-refractivity contribution < 1.29 is 8.78 Å². The molecule has 0 saturated heterocycles. The van der Waals surface area contributed by atoms with Crippen molar-refractivity contribution in [1.29, 1.82) is 0 Å². The number of hydrogen-bond acceptors (Lipinski definition) is 2. The van der Waals surface area contributed by atoms with Crippen molar-refractivity contribution in [3.05, 3.63) is 59.2 Å². The van der Waals surface area contributed by atoms with E-state index in [2.05, 4.69) is 5.32 Å². The lowest BCUT2D eigenvalue weighted by Crippen LogP contribution is -2.08. The molecule has 19 heavy (non-hydrogen) atoms. The smallest absolute Gasteiger partial charge is 0.148 e. The third-order valence-electron chi connectivity index (χ3n) is 3.06. The van der Waals surface area contributed by atoms with Gasteiger partial charge in [0.25, 0.3) is 0 Å². The molecule has 0 aliphatic heterocycles. The largest absolute Gasteiger partial charge is 0.399 e. The molecule has 0 radical (unpaired) electrons. The summed E-state index contributed by atoms with van der Waals surface area (Å²) in [7, 11) is 0. The van der Waals surface area contributed by atoms with Gasteiger partial charge in [0.05, 0.1) is 5.69 Å². The molecule has 100 valence electrons. The van der Waals surface area contributed by atoms with Crippen LogP contribution >= 0.6 is 0 Å². The molecule has 1 atom stereocenters. The predicted molar refractivity (Wildman–Crippen MR) is 74.0 cm³/mol. The van der Waals surface area contributed by atoms with Gasteiger partial charge in [-0.2, -0.15) is 0 Å². The molecular formula is C15H16F2N2. The van der Waals surface area contributed by atoms with E-state index >= 15 is 0 Å². The van der Waals surface area contributed by atoms with Crippen LogP contribution in [0.15, 0.2) is 36.4 Å². The van der Waals surface area contributed by atoms with E-state index in [1.54, 1.807) is 25.1 Å². The minimum absolute atomic E-state index is 0.201. The Kier molecular flexibility index (Phi) is 3.69. The van der Waals surface area contributed by atoms with Crippen molar-refractivity contribution in [2.45, 2.75) is 19.9 Å². The molecule has 0 aromatic heterocycles. The Morgan fingerprint density at radius 2 is 1.79 bits per heavy atom. The summed E-state index contributed by atoms with van der Waals surface area (Å²) in [6.07, 6.45) is 0. The molecule has 4 heteroatoms. The molecular weight excluding hydrogens is 246 g/mol. The molecule has 0 aliphatic rings. The van der Waals surface area contributed by atoms with Crippen LogP contribution in [0.1, 0.15) is 24.1 Å². The van der Waals surface area contributed by atoms with Crippen molar-refractivity contribution in [3.8, 4) is 0 Å². The SMILES string of the molecule is Cc1ccc(C(C)Nc2ccc(N)cc2F)cc1F. The molecule has 0 saturated carbocycles. The van der Waals surface area contributed by atoms with Crippen LogP contribution in [-0.4, -0.2) is 0 Å². The van der Waals surface area contributed by atoms with E-state index in [4.69, 9.17) is 5.73 Å². The first-order valence-corrected chi connectivity index (χ1v) is 6.05. The van der Waals surface area contributed by atoms with E-state index in [0.717, 1.165) is 5.56 Å². The van der Waals surface area contributed by atoms with Crippen LogP contribution in [0.3, 0.4) is 0 Å². The molecule has 2 nitrogen and oxygen atoms in total. The van der Waals surface area contributed by atoms with E-state index in [9.17, 15) is 8.78 Å². The van der Waals surface area contributed by atoms with E-state index in [-0.39, 0.29) is 11.9 Å². The molecule has 0 spiro atoms. The van der Waals surface area contributed by atoms with E-state index in [1.165, 1.54) is 12.1 Å². The van der Waals surface area contributed by atoms with Gasteiger partial charge in [0.1, 0.15) is 11.6 Å². The number of halogens is 2. The Morgan fingerprint density at radius 3 is 2.42 bits per heavy atom. The van der Waals surface area contributed by atoms with Crippen LogP contribution in [0.4, 0.5) is 20.2 Å². The summed E-state index contributed by atoms with van der Waals surface area (Å²) < 4.78 is 27.1. The highest BCUT2D eigenvalue weighted by atomic mass is 19.1. The lowest BCUT2D eigenvalue weighted by atomic mass is 10.1. The number of nitrogens with one attached hydrogen (secondary N) is 1. The number of benzene rings is 2. The Morgan fingerprint density at radius 1 is 1.05 bits per heavy atom. The third-order valence-corrected chi connectivity index (χ3v) is 3.06. The number of aryl methyl sites for hydroxylation is 1. The highest BCUT2D eigenvalue weighted by Crippen LogP contribution is 2.24. The molecule has 0 fully saturated rings. The molecule has 0 aliphatic carbocycles. The summed E-state index contributed by atoms with van der Waals surface area (Å²) in [5.41, 5.74) is 7.57. The molecule has 1 unspecified atom stereocenters. The van der Waals surface area contributed by atoms with Gasteiger partial charge in [-0.05, 0) is 49.2 Å². The van der Waals surface area contributed by atoms with Gasteiger partial charge in [-0.25, -0.2) is 8.78 Å². The maximum absolute atomic E-state index is 13.7. The van der Waals surface area contributed by atoms with Gasteiger partial charge < -0.3 is 11.1 Å². The van der Waals surface area contributed by atoms with Crippen LogP contribution in [0.2, 0.25) is 0 Å². The van der Waals surface area contributed by atoms with Gasteiger partial charge >= 0.3 is 0 Å². The summed E-state index contributed by atoms with van der Waals surface area (Å²) in [5, 5.41) is 3.00. The number of nitrogen functional groups attached to an aromatic ring is 1. The quantitative estimate of drug-likeness (QED) is 0.820. The van der Waals surface area contributed by atoms with Gasteiger partial charge in [0.15, 0.2) is 0 Å². The van der Waals surface area contributed by atoms with E-state index in [0.29, 0.717) is 16.9 Å². The van der Waals surface area contributed by atoms with Crippen LogP contribution in [0, 0.1) is 18.6 Å². The zero-order valence-corrected chi connectivity index (χ0v) is 10.9. The van der Waals surface area contributed by atoms with Gasteiger partial charge in [-0.1, -0.05) is 12.1 Å². The van der Waals surface area contributed by atoms with Crippen molar-refractivity contribution in [2.75, 3.05) is 11.1 Å². The van der Waals surface area contributed by atoms with Crippen LogP contribution in [0.5, 0.6) is 0 Å². The normalized spacial score (nSPS) is 12.2. The van der Waals surface area contributed by atoms with Crippen LogP contribution in [0.25, 0.3) is 0 Å². The Balaban J connectivity index is 2.20. The maximum Gasteiger partial charge on any atom is 0.148 e. The molecule has 0 amide bonds. The molecule has 3 N–H and O–H groups in total. The minimum atomic E-state index is -0.417. The van der Waals surface area contributed by atoms with Crippen molar-refractivity contribution in [3.63, 3.8) is 0 Å². The zero-order chi connectivity index (χ0) is 14.0. The number of anilines is 2. The lowest BCUT2D eigenvalue weighted by Gasteiger charge is -2.17. The molecule has 0 heterocycles. The molecule has 2 aromatic rings. The third kappa shape index (κ3) is 3.02. The fourth-order valence-electron chi connectivity index (χ4n) is 1.84. The fraction of sp³-hybridized carbons (Fsp3) is 0.200. The zero-order valence-electron chi connectivity index (χ0n) is 10.9. The van der Waals surface area contributed by atoms with Crippen LogP contribution in [-0.2, 0) is 0 Å². The highest BCUT2D eigenvalue weighted by Gasteiger charge is 2.10. The molecule has 2 rings (SSSR count). The minimum Gasteiger partial charge on any atom is -0.399 e. The highest BCUT2D eigenvalue weighted by molar-refractivity contribution is 5.53. The van der Waals surface area contributed by atoms with Crippen molar-refractivity contribution in [1.82, 2.24) is 0 Å². The predicted octanol–water partition coefficient (Wildman–Crippen LogP) is 4.03. The van der Waals surface area contributed by atoms with Gasteiger partial charge in [0, 0.05) is 11.7 Å². The summed E-state index contributed by atoms with van der Waals surface area (Å²) in [4.78, 5) is 0. The van der Waals surface area contributed by atoms with Gasteiger partial charge in [-0.15, -0.1) is 0 Å². The summed E-state index contributed by atoms with van der Waals surface area (Å²) in [6, 6.07) is 9.24. The number of hydrogen-bond donors (Lipinski definition) is 2. The molecule has 2 aromatic carbocycles. The first kappa shape index (κ1) is 13.3. The van der Waals surface area contributed by atoms with Gasteiger partial charge in [-0.3, -0.25) is 0 Å². The average Bonchev–Trinajstić information content (AvgIpc) is 2.36. The Bertz CT molecular complexity index is 597. The first-order chi connectivity index (χ1) is 8.97. The summed E-state index contributed by atoms with van der Waals surface area (Å²) >= 11 is 0. The second-order valence-electron chi connectivity index (χ2n) is 4.61. The average molecular weight is 262 g/mol. The van der Waals surface area contributed by atoms with E-state index in [1.807, 2.05) is 13.0 Å². The van der Waals surface area contributed by atoms with E-state index < -0.39 is 5.82 Å². The maximum atomic E-state index is 13.7. The van der Waals surface area contributed by atoms with Gasteiger partial charge in [0.2, 0.25) is 0 Å². The van der Waals surface area contributed by atoms with Crippen molar-refractivity contribution in [2.24, 2.45) is 0 Å². The standard InChI is InChI=1S/C15H16F2N2/c1-9-3-4-11(7-13(9)16)10(2)19-15-6-5-12(18)8-14(15)17/h3-8,10,19H,18H2,1-2H3. The first-order valence-electron chi connectivity index (χ1n) is 6.05. The summed E-state index contributed by atoms with van der Waals surface area (Å²) in [6.45, 7) is 3.55. The fourth-order valence-corrected chi connectivity index (χ4v) is 1.84. The number of nitrogens with two attached hydrogens (primary N) is 1. The number of rotatable bonds is 3. The Hall–Kier alpha value is -2.10. The Labute approximate surface area is 111 Å². The van der Waals surface area contributed by atoms with Crippen molar-refractivity contribution >= 4 is 11.4 Å². The monoisotopic (exact) mass is 262 g/mol.